The van der Waals surface area contributed by atoms with Crippen molar-refractivity contribution in [3.8, 4) is 0 Å². The van der Waals surface area contributed by atoms with Gasteiger partial charge in [-0.05, 0) is 25.5 Å². The molecular formula is C12H20N4OS. The van der Waals surface area contributed by atoms with Gasteiger partial charge in [0.25, 0.3) is 0 Å². The van der Waals surface area contributed by atoms with Crippen LogP contribution >= 0.6 is 11.8 Å². The topological polar surface area (TPSA) is 62.5 Å². The second-order valence-electron chi connectivity index (χ2n) is 4.67. The van der Waals surface area contributed by atoms with Crippen LogP contribution < -0.4 is 10.6 Å². The zero-order valence-electron chi connectivity index (χ0n) is 10.9. The van der Waals surface area contributed by atoms with Crippen LogP contribution in [0.3, 0.4) is 0 Å². The van der Waals surface area contributed by atoms with Crippen LogP contribution in [-0.4, -0.2) is 35.2 Å². The monoisotopic (exact) mass is 268 g/mol. The van der Waals surface area contributed by atoms with Crippen LogP contribution in [0.1, 0.15) is 25.5 Å². The highest BCUT2D eigenvalue weighted by Crippen LogP contribution is 2.36. The standard InChI is InChI=1S/C12H20N4OS/c1-12(5-3-7-18-12)9-15-11(13-2)14-8-10-4-6-17-16-10/h4,6H,3,5,7-9H2,1-2H3,(H2,13,14,15). The summed E-state index contributed by atoms with van der Waals surface area (Å²) in [7, 11) is 1.78. The molecular weight excluding hydrogens is 248 g/mol. The predicted octanol–water partition coefficient (Wildman–Crippen LogP) is 1.63. The van der Waals surface area contributed by atoms with E-state index < -0.39 is 0 Å². The van der Waals surface area contributed by atoms with Crippen molar-refractivity contribution in [2.24, 2.45) is 4.99 Å². The quantitative estimate of drug-likeness (QED) is 0.642. The highest BCUT2D eigenvalue weighted by molar-refractivity contribution is 8.00. The molecule has 2 rings (SSSR count). The molecule has 1 aromatic heterocycles. The van der Waals surface area contributed by atoms with Gasteiger partial charge in [-0.3, -0.25) is 4.99 Å². The Bertz CT molecular complexity index is 385. The lowest BCUT2D eigenvalue weighted by molar-refractivity contribution is 0.410. The maximum absolute atomic E-state index is 4.78. The van der Waals surface area contributed by atoms with Gasteiger partial charge in [0.05, 0.1) is 6.54 Å². The molecule has 0 saturated carbocycles. The molecule has 5 nitrogen and oxygen atoms in total. The minimum Gasteiger partial charge on any atom is -0.364 e. The van der Waals surface area contributed by atoms with E-state index in [2.05, 4.69) is 27.7 Å². The van der Waals surface area contributed by atoms with E-state index in [9.17, 15) is 0 Å². The molecule has 1 aliphatic rings. The smallest absolute Gasteiger partial charge is 0.191 e. The second-order valence-corrected chi connectivity index (χ2v) is 6.35. The van der Waals surface area contributed by atoms with E-state index in [-0.39, 0.29) is 0 Å². The molecule has 1 saturated heterocycles. The van der Waals surface area contributed by atoms with E-state index >= 15 is 0 Å². The Morgan fingerprint density at radius 2 is 2.50 bits per heavy atom. The van der Waals surface area contributed by atoms with Crippen LogP contribution in [0.5, 0.6) is 0 Å². The van der Waals surface area contributed by atoms with E-state index in [4.69, 9.17) is 4.52 Å². The van der Waals surface area contributed by atoms with Crippen molar-refractivity contribution < 1.29 is 4.52 Å². The third-order valence-corrected chi connectivity index (χ3v) is 4.62. The van der Waals surface area contributed by atoms with Crippen LogP contribution in [0.4, 0.5) is 0 Å². The van der Waals surface area contributed by atoms with Gasteiger partial charge < -0.3 is 15.2 Å². The Kier molecular flexibility index (Phi) is 4.52. The third-order valence-electron chi connectivity index (χ3n) is 3.08. The Hall–Kier alpha value is -1.17. The van der Waals surface area contributed by atoms with Gasteiger partial charge in [-0.15, -0.1) is 0 Å². The molecule has 1 fully saturated rings. The molecule has 0 amide bonds. The molecule has 18 heavy (non-hydrogen) atoms. The highest BCUT2D eigenvalue weighted by Gasteiger charge is 2.29. The Morgan fingerprint density at radius 3 is 3.11 bits per heavy atom. The molecule has 2 heterocycles. The van der Waals surface area contributed by atoms with Crippen molar-refractivity contribution in [3.63, 3.8) is 0 Å². The summed E-state index contributed by atoms with van der Waals surface area (Å²) in [5.41, 5.74) is 0.874. The van der Waals surface area contributed by atoms with Crippen LogP contribution in [-0.2, 0) is 6.54 Å². The van der Waals surface area contributed by atoms with E-state index in [0.29, 0.717) is 11.3 Å². The summed E-state index contributed by atoms with van der Waals surface area (Å²) in [6.45, 7) is 3.87. The first-order valence-corrected chi connectivity index (χ1v) is 7.18. The number of thioether (sulfide) groups is 1. The summed E-state index contributed by atoms with van der Waals surface area (Å²) in [6.07, 6.45) is 4.15. The number of hydrogen-bond acceptors (Lipinski definition) is 4. The van der Waals surface area contributed by atoms with Gasteiger partial charge in [0.15, 0.2) is 5.96 Å². The summed E-state index contributed by atoms with van der Waals surface area (Å²) in [5.74, 6) is 2.08. The Morgan fingerprint density at radius 1 is 1.61 bits per heavy atom. The number of guanidine groups is 1. The number of nitrogens with zero attached hydrogens (tertiary/aromatic N) is 2. The van der Waals surface area contributed by atoms with Gasteiger partial charge in [-0.25, -0.2) is 0 Å². The van der Waals surface area contributed by atoms with Crippen LogP contribution in [0.25, 0.3) is 0 Å². The molecule has 1 unspecified atom stereocenters. The fraction of sp³-hybridized carbons (Fsp3) is 0.667. The molecule has 0 aromatic carbocycles. The molecule has 2 N–H and O–H groups in total. The number of rotatable bonds is 4. The lowest BCUT2D eigenvalue weighted by Gasteiger charge is -2.24. The van der Waals surface area contributed by atoms with Gasteiger partial charge in [0, 0.05) is 24.4 Å². The first-order valence-electron chi connectivity index (χ1n) is 6.20. The molecule has 1 aromatic rings. The third kappa shape index (κ3) is 3.66. The van der Waals surface area contributed by atoms with Crippen LogP contribution in [0, 0.1) is 0 Å². The highest BCUT2D eigenvalue weighted by atomic mass is 32.2. The van der Waals surface area contributed by atoms with Crippen LogP contribution in [0.2, 0.25) is 0 Å². The first-order chi connectivity index (χ1) is 8.72. The SMILES string of the molecule is CN=C(NCc1ccon1)NCC1(C)CCCS1. The van der Waals surface area contributed by atoms with Crippen molar-refractivity contribution >= 4 is 17.7 Å². The molecule has 6 heteroatoms. The first kappa shape index (κ1) is 13.3. The average molecular weight is 268 g/mol. The van der Waals surface area contributed by atoms with E-state index in [1.807, 2.05) is 17.8 Å². The summed E-state index contributed by atoms with van der Waals surface area (Å²) in [6, 6.07) is 1.84. The average Bonchev–Trinajstić information content (AvgIpc) is 3.01. The molecule has 0 radical (unpaired) electrons. The second kappa shape index (κ2) is 6.13. The number of aliphatic imine (C=N–C) groups is 1. The van der Waals surface area contributed by atoms with Crippen molar-refractivity contribution in [2.45, 2.75) is 31.1 Å². The summed E-state index contributed by atoms with van der Waals surface area (Å²) < 4.78 is 5.12. The van der Waals surface area contributed by atoms with Gasteiger partial charge >= 0.3 is 0 Å². The van der Waals surface area contributed by atoms with Gasteiger partial charge in [-0.2, -0.15) is 11.8 Å². The van der Waals surface area contributed by atoms with Crippen molar-refractivity contribution in [2.75, 3.05) is 19.3 Å². The van der Waals surface area contributed by atoms with E-state index in [1.165, 1.54) is 18.6 Å². The van der Waals surface area contributed by atoms with Gasteiger partial charge in [-0.1, -0.05) is 5.16 Å². The summed E-state index contributed by atoms with van der Waals surface area (Å²) in [4.78, 5) is 4.21. The number of aromatic nitrogens is 1. The van der Waals surface area contributed by atoms with Crippen LogP contribution in [0.15, 0.2) is 21.8 Å². The molecule has 0 spiro atoms. The molecule has 1 aliphatic heterocycles. The fourth-order valence-electron chi connectivity index (χ4n) is 1.97. The van der Waals surface area contributed by atoms with Crippen molar-refractivity contribution in [1.29, 1.82) is 0 Å². The van der Waals surface area contributed by atoms with Gasteiger partial charge in [0.2, 0.25) is 0 Å². The van der Waals surface area contributed by atoms with Gasteiger partial charge in [0.1, 0.15) is 12.0 Å². The van der Waals surface area contributed by atoms with E-state index in [1.54, 1.807) is 13.3 Å². The molecule has 0 bridgehead atoms. The molecule has 1 atom stereocenters. The lowest BCUT2D eigenvalue weighted by Crippen LogP contribution is -2.43. The summed E-state index contributed by atoms with van der Waals surface area (Å²) in [5, 5.41) is 10.4. The predicted molar refractivity (Wildman–Crippen MR) is 74.8 cm³/mol. The molecule has 0 aliphatic carbocycles. The number of nitrogens with one attached hydrogen (secondary N) is 2. The minimum atomic E-state index is 0.339. The Labute approximate surface area is 112 Å². The van der Waals surface area contributed by atoms with Crippen molar-refractivity contribution in [3.05, 3.63) is 18.0 Å². The summed E-state index contributed by atoms with van der Waals surface area (Å²) >= 11 is 2.04. The minimum absolute atomic E-state index is 0.339. The zero-order chi connectivity index (χ0) is 12.8. The van der Waals surface area contributed by atoms with E-state index in [0.717, 1.165) is 18.2 Å². The maximum Gasteiger partial charge on any atom is 0.191 e. The maximum atomic E-state index is 4.78. The lowest BCUT2D eigenvalue weighted by atomic mass is 10.1. The number of hydrogen-bond donors (Lipinski definition) is 2. The van der Waals surface area contributed by atoms with Crippen molar-refractivity contribution in [1.82, 2.24) is 15.8 Å². The zero-order valence-corrected chi connectivity index (χ0v) is 11.7. The largest absolute Gasteiger partial charge is 0.364 e. The fourth-order valence-corrected chi connectivity index (χ4v) is 3.21. The Balaban J connectivity index is 1.75. The molecule has 100 valence electrons. The normalized spacial score (nSPS) is 24.2.